The molecule has 1 unspecified atom stereocenters. The second-order valence-electron chi connectivity index (χ2n) is 2.70. The zero-order chi connectivity index (χ0) is 10.3. The van der Waals surface area contributed by atoms with Crippen LogP contribution in [0.5, 0.6) is 0 Å². The molecule has 0 spiro atoms. The van der Waals surface area contributed by atoms with Crippen molar-refractivity contribution in [1.29, 1.82) is 0 Å². The molecular weight excluding hydrogens is 170 g/mol. The lowest BCUT2D eigenvalue weighted by molar-refractivity contribution is -0.121. The first-order chi connectivity index (χ1) is 6.11. The van der Waals surface area contributed by atoms with Crippen molar-refractivity contribution >= 4 is 11.8 Å². The van der Waals surface area contributed by atoms with E-state index in [9.17, 15) is 9.59 Å². The zero-order valence-electron chi connectivity index (χ0n) is 8.09. The first kappa shape index (κ1) is 11.9. The van der Waals surface area contributed by atoms with Crippen molar-refractivity contribution in [1.82, 2.24) is 10.6 Å². The number of hydrogen-bond donors (Lipinski definition) is 3. The molecule has 5 heteroatoms. The van der Waals surface area contributed by atoms with Crippen LogP contribution in [0.4, 0.5) is 0 Å². The van der Waals surface area contributed by atoms with Crippen LogP contribution in [0.25, 0.3) is 0 Å². The molecule has 0 bridgehead atoms. The molecule has 0 aromatic rings. The Kier molecular flexibility index (Phi) is 5.88. The standard InChI is InChI=1S/C8H17N3O2/c1-3-6(8(9)13)11-5-7(12)10-4-2/h6,11H,3-5H2,1-2H3,(H2,9,13)(H,10,12). The van der Waals surface area contributed by atoms with Crippen LogP contribution in [0, 0.1) is 0 Å². The summed E-state index contributed by atoms with van der Waals surface area (Å²) >= 11 is 0. The molecule has 13 heavy (non-hydrogen) atoms. The average Bonchev–Trinajstić information content (AvgIpc) is 2.05. The number of nitrogens with one attached hydrogen (secondary N) is 2. The fourth-order valence-corrected chi connectivity index (χ4v) is 0.922. The third-order valence-electron chi connectivity index (χ3n) is 1.63. The maximum atomic E-state index is 11.0. The maximum Gasteiger partial charge on any atom is 0.234 e. The Bertz CT molecular complexity index is 182. The number of primary amides is 1. The number of likely N-dealkylation sites (N-methyl/N-ethyl adjacent to an activating group) is 1. The summed E-state index contributed by atoms with van der Waals surface area (Å²) in [7, 11) is 0. The molecule has 0 fully saturated rings. The number of amides is 2. The molecule has 0 saturated carbocycles. The molecule has 0 aromatic carbocycles. The van der Waals surface area contributed by atoms with Gasteiger partial charge in [0.15, 0.2) is 0 Å². The first-order valence-corrected chi connectivity index (χ1v) is 4.41. The Morgan fingerprint density at radius 2 is 2.00 bits per heavy atom. The van der Waals surface area contributed by atoms with Crippen LogP contribution in [0.15, 0.2) is 0 Å². The minimum Gasteiger partial charge on any atom is -0.368 e. The van der Waals surface area contributed by atoms with E-state index in [1.807, 2.05) is 13.8 Å². The van der Waals surface area contributed by atoms with E-state index < -0.39 is 11.9 Å². The third-order valence-corrected chi connectivity index (χ3v) is 1.63. The molecule has 76 valence electrons. The van der Waals surface area contributed by atoms with Crippen LogP contribution in [-0.4, -0.2) is 30.9 Å². The van der Waals surface area contributed by atoms with Gasteiger partial charge in [-0.2, -0.15) is 0 Å². The third kappa shape index (κ3) is 5.19. The number of carbonyl (C=O) groups is 2. The Labute approximate surface area is 78.1 Å². The maximum absolute atomic E-state index is 11.0. The topological polar surface area (TPSA) is 84.2 Å². The van der Waals surface area contributed by atoms with Gasteiger partial charge in [0.2, 0.25) is 11.8 Å². The Morgan fingerprint density at radius 1 is 1.38 bits per heavy atom. The van der Waals surface area contributed by atoms with Gasteiger partial charge in [-0.1, -0.05) is 6.92 Å². The lowest BCUT2D eigenvalue weighted by atomic mass is 10.2. The molecule has 2 amide bonds. The van der Waals surface area contributed by atoms with Crippen molar-refractivity contribution in [3.63, 3.8) is 0 Å². The predicted molar refractivity (Wildman–Crippen MR) is 50.0 cm³/mol. The number of hydrogen-bond acceptors (Lipinski definition) is 3. The van der Waals surface area contributed by atoms with Crippen molar-refractivity contribution in [2.24, 2.45) is 5.73 Å². The minimum absolute atomic E-state index is 0.123. The smallest absolute Gasteiger partial charge is 0.234 e. The largest absolute Gasteiger partial charge is 0.368 e. The molecule has 0 heterocycles. The van der Waals surface area contributed by atoms with Crippen molar-refractivity contribution < 1.29 is 9.59 Å². The summed E-state index contributed by atoms with van der Waals surface area (Å²) in [5.41, 5.74) is 5.07. The van der Waals surface area contributed by atoms with Crippen LogP contribution < -0.4 is 16.4 Å². The van der Waals surface area contributed by atoms with Gasteiger partial charge in [-0.25, -0.2) is 0 Å². The van der Waals surface area contributed by atoms with Crippen LogP contribution in [0.1, 0.15) is 20.3 Å². The summed E-state index contributed by atoms with van der Waals surface area (Å²) in [5, 5.41) is 5.38. The molecule has 0 aromatic heterocycles. The zero-order valence-corrected chi connectivity index (χ0v) is 8.09. The second-order valence-corrected chi connectivity index (χ2v) is 2.70. The summed E-state index contributed by atoms with van der Waals surface area (Å²) in [6.07, 6.45) is 0.592. The van der Waals surface area contributed by atoms with Crippen molar-refractivity contribution in [2.45, 2.75) is 26.3 Å². The molecule has 4 N–H and O–H groups in total. The van der Waals surface area contributed by atoms with Gasteiger partial charge in [-0.3, -0.25) is 14.9 Å². The van der Waals surface area contributed by atoms with E-state index in [4.69, 9.17) is 5.73 Å². The van der Waals surface area contributed by atoms with Gasteiger partial charge < -0.3 is 11.1 Å². The van der Waals surface area contributed by atoms with Gasteiger partial charge in [0, 0.05) is 6.54 Å². The summed E-state index contributed by atoms with van der Waals surface area (Å²) < 4.78 is 0. The highest BCUT2D eigenvalue weighted by molar-refractivity contribution is 5.82. The molecule has 0 saturated heterocycles. The van der Waals surface area contributed by atoms with Crippen molar-refractivity contribution in [2.75, 3.05) is 13.1 Å². The van der Waals surface area contributed by atoms with Gasteiger partial charge in [0.1, 0.15) is 0 Å². The van der Waals surface area contributed by atoms with Gasteiger partial charge in [0.25, 0.3) is 0 Å². The lowest BCUT2D eigenvalue weighted by Gasteiger charge is -2.12. The van der Waals surface area contributed by atoms with E-state index >= 15 is 0 Å². The summed E-state index contributed by atoms with van der Waals surface area (Å²) in [6, 6.07) is -0.414. The van der Waals surface area contributed by atoms with E-state index in [0.29, 0.717) is 13.0 Å². The van der Waals surface area contributed by atoms with Crippen molar-refractivity contribution in [3.05, 3.63) is 0 Å². The van der Waals surface area contributed by atoms with Gasteiger partial charge in [-0.15, -0.1) is 0 Å². The molecule has 0 aliphatic heterocycles. The van der Waals surface area contributed by atoms with Crippen molar-refractivity contribution in [3.8, 4) is 0 Å². The van der Waals surface area contributed by atoms with Gasteiger partial charge in [0.05, 0.1) is 12.6 Å². The molecule has 0 rings (SSSR count). The minimum atomic E-state index is -0.424. The molecule has 0 aliphatic carbocycles. The van der Waals surface area contributed by atoms with Crippen LogP contribution in [-0.2, 0) is 9.59 Å². The Balaban J connectivity index is 3.72. The quantitative estimate of drug-likeness (QED) is 0.497. The van der Waals surface area contributed by atoms with E-state index in [2.05, 4.69) is 10.6 Å². The molecule has 0 radical (unpaired) electrons. The van der Waals surface area contributed by atoms with E-state index in [1.165, 1.54) is 0 Å². The van der Waals surface area contributed by atoms with E-state index in [1.54, 1.807) is 0 Å². The lowest BCUT2D eigenvalue weighted by Crippen LogP contribution is -2.45. The second kappa shape index (κ2) is 6.42. The highest BCUT2D eigenvalue weighted by Crippen LogP contribution is 1.87. The summed E-state index contributed by atoms with van der Waals surface area (Å²) in [5.74, 6) is -0.547. The molecule has 0 aliphatic rings. The summed E-state index contributed by atoms with van der Waals surface area (Å²) in [6.45, 7) is 4.40. The Morgan fingerprint density at radius 3 is 2.38 bits per heavy atom. The highest BCUT2D eigenvalue weighted by Gasteiger charge is 2.12. The van der Waals surface area contributed by atoms with Crippen LogP contribution in [0.3, 0.4) is 0 Å². The van der Waals surface area contributed by atoms with Gasteiger partial charge >= 0.3 is 0 Å². The number of nitrogens with two attached hydrogens (primary N) is 1. The first-order valence-electron chi connectivity index (χ1n) is 4.41. The van der Waals surface area contributed by atoms with Crippen LogP contribution >= 0.6 is 0 Å². The van der Waals surface area contributed by atoms with Crippen LogP contribution in [0.2, 0.25) is 0 Å². The molecular formula is C8H17N3O2. The molecule has 5 nitrogen and oxygen atoms in total. The monoisotopic (exact) mass is 187 g/mol. The number of carbonyl (C=O) groups excluding carboxylic acids is 2. The normalized spacial score (nSPS) is 12.2. The predicted octanol–water partition coefficient (Wildman–Crippen LogP) is -1.02. The van der Waals surface area contributed by atoms with E-state index in [-0.39, 0.29) is 12.5 Å². The van der Waals surface area contributed by atoms with Gasteiger partial charge in [-0.05, 0) is 13.3 Å². The fraction of sp³-hybridized carbons (Fsp3) is 0.750. The SMILES string of the molecule is CCNC(=O)CNC(CC)C(N)=O. The summed E-state index contributed by atoms with van der Waals surface area (Å²) in [4.78, 5) is 21.7. The fourth-order valence-electron chi connectivity index (χ4n) is 0.922. The highest BCUT2D eigenvalue weighted by atomic mass is 16.2. The average molecular weight is 187 g/mol. The number of rotatable bonds is 6. The van der Waals surface area contributed by atoms with E-state index in [0.717, 1.165) is 0 Å². The Hall–Kier alpha value is -1.10. The molecule has 1 atom stereocenters.